The van der Waals surface area contributed by atoms with E-state index in [2.05, 4.69) is 24.0 Å². The van der Waals surface area contributed by atoms with Gasteiger partial charge >= 0.3 is 0 Å². The van der Waals surface area contributed by atoms with Gasteiger partial charge in [-0.2, -0.15) is 4.99 Å². The summed E-state index contributed by atoms with van der Waals surface area (Å²) in [6.45, 7) is 6.84. The summed E-state index contributed by atoms with van der Waals surface area (Å²) in [7, 11) is -3.67. The maximum Gasteiger partial charge on any atom is 0.249 e. The molecular weight excluding hydrogens is 411 g/mol. The Hall–Kier alpha value is -2.32. The van der Waals surface area contributed by atoms with E-state index in [1.54, 1.807) is 0 Å². The second-order valence-corrected chi connectivity index (χ2v) is 10.1. The number of halogens is 1. The van der Waals surface area contributed by atoms with Crippen molar-refractivity contribution in [3.63, 3.8) is 0 Å². The number of rotatable bonds is 6. The zero-order chi connectivity index (χ0) is 21.2. The first-order valence-corrected chi connectivity index (χ1v) is 11.8. The molecule has 3 rings (SSSR count). The predicted octanol–water partition coefficient (Wildman–Crippen LogP) is 4.16. The lowest BCUT2D eigenvalue weighted by Gasteiger charge is -2.05. The Morgan fingerprint density at radius 2 is 1.86 bits per heavy atom. The van der Waals surface area contributed by atoms with Crippen molar-refractivity contribution in [1.29, 1.82) is 0 Å². The maximum atomic E-state index is 13.0. The molecule has 0 radical (unpaired) electrons. The Morgan fingerprint density at radius 3 is 2.52 bits per heavy atom. The molecule has 1 heterocycles. The van der Waals surface area contributed by atoms with Crippen LogP contribution in [0.1, 0.15) is 30.9 Å². The number of hydrogen-bond donors (Lipinski definition) is 0. The zero-order valence-corrected chi connectivity index (χ0v) is 18.2. The second-order valence-electron chi connectivity index (χ2n) is 6.99. The van der Waals surface area contributed by atoms with E-state index >= 15 is 0 Å². The van der Waals surface area contributed by atoms with E-state index in [0.717, 1.165) is 46.4 Å². The molecule has 1 aromatic heterocycles. The summed E-state index contributed by atoms with van der Waals surface area (Å²) in [6, 6.07) is 8.77. The van der Waals surface area contributed by atoms with Crippen molar-refractivity contribution in [3.8, 4) is 0 Å². The van der Waals surface area contributed by atoms with Crippen molar-refractivity contribution in [1.82, 2.24) is 4.57 Å². The molecule has 0 aliphatic carbocycles. The molecule has 0 saturated carbocycles. The molecule has 0 aliphatic heterocycles. The molecule has 0 unspecified atom stereocenters. The average Bonchev–Trinajstić information content (AvgIpc) is 2.99. The molecular formula is C21H23FN2O3S2. The number of carbonyl (C=O) groups is 1. The van der Waals surface area contributed by atoms with Gasteiger partial charge in [0, 0.05) is 13.0 Å². The minimum atomic E-state index is -3.67. The van der Waals surface area contributed by atoms with E-state index in [0.29, 0.717) is 4.80 Å². The van der Waals surface area contributed by atoms with Crippen LogP contribution in [0.2, 0.25) is 0 Å². The van der Waals surface area contributed by atoms with Crippen LogP contribution in [-0.2, 0) is 21.2 Å². The van der Waals surface area contributed by atoms with Crippen LogP contribution in [0.4, 0.5) is 4.39 Å². The first-order chi connectivity index (χ1) is 13.7. The molecule has 2 aromatic carbocycles. The van der Waals surface area contributed by atoms with Crippen molar-refractivity contribution >= 4 is 37.3 Å². The van der Waals surface area contributed by atoms with E-state index < -0.39 is 21.6 Å². The molecule has 0 saturated heterocycles. The SMILES string of the molecule is CCCn1c(=NC(=O)CCS(=O)(=O)c2ccc(F)cc2)sc2c(C)cc(C)cc21. The molecule has 0 N–H and O–H groups in total. The summed E-state index contributed by atoms with van der Waals surface area (Å²) in [4.78, 5) is 17.2. The van der Waals surface area contributed by atoms with Crippen molar-refractivity contribution in [2.45, 2.75) is 45.1 Å². The van der Waals surface area contributed by atoms with Crippen LogP contribution >= 0.6 is 11.3 Å². The minimum absolute atomic E-state index is 0.000657. The van der Waals surface area contributed by atoms with Gasteiger partial charge in [-0.1, -0.05) is 24.3 Å². The van der Waals surface area contributed by atoms with Crippen LogP contribution < -0.4 is 4.80 Å². The van der Waals surface area contributed by atoms with Crippen LogP contribution in [-0.4, -0.2) is 24.6 Å². The second kappa shape index (κ2) is 8.59. The van der Waals surface area contributed by atoms with E-state index in [-0.39, 0.29) is 17.1 Å². The van der Waals surface area contributed by atoms with E-state index in [1.165, 1.54) is 23.5 Å². The lowest BCUT2D eigenvalue weighted by atomic mass is 10.1. The van der Waals surface area contributed by atoms with Crippen molar-refractivity contribution in [3.05, 3.63) is 58.1 Å². The summed E-state index contributed by atoms with van der Waals surface area (Å²) in [6.07, 6.45) is 0.664. The number of aromatic nitrogens is 1. The summed E-state index contributed by atoms with van der Waals surface area (Å²) in [5.41, 5.74) is 3.31. The molecule has 0 bridgehead atoms. The Bertz CT molecular complexity index is 1220. The molecule has 8 heteroatoms. The highest BCUT2D eigenvalue weighted by molar-refractivity contribution is 7.91. The fourth-order valence-corrected chi connectivity index (χ4v) is 5.53. The minimum Gasteiger partial charge on any atom is -0.316 e. The first-order valence-electron chi connectivity index (χ1n) is 9.37. The first kappa shape index (κ1) is 21.4. The Balaban J connectivity index is 1.88. The predicted molar refractivity (Wildman–Crippen MR) is 113 cm³/mol. The monoisotopic (exact) mass is 434 g/mol. The van der Waals surface area contributed by atoms with Gasteiger partial charge < -0.3 is 4.57 Å². The third-order valence-electron chi connectivity index (χ3n) is 4.54. The van der Waals surface area contributed by atoms with Crippen molar-refractivity contribution in [2.24, 2.45) is 4.99 Å². The Labute approximate surface area is 173 Å². The highest BCUT2D eigenvalue weighted by Gasteiger charge is 2.17. The van der Waals surface area contributed by atoms with Crippen molar-refractivity contribution in [2.75, 3.05) is 5.75 Å². The topological polar surface area (TPSA) is 68.5 Å². The Kier molecular flexibility index (Phi) is 6.33. The van der Waals surface area contributed by atoms with E-state index in [9.17, 15) is 17.6 Å². The summed E-state index contributed by atoms with van der Waals surface area (Å²) in [5.74, 6) is -1.36. The number of nitrogens with zero attached hydrogens (tertiary/aromatic N) is 2. The lowest BCUT2D eigenvalue weighted by molar-refractivity contribution is -0.117. The molecule has 29 heavy (non-hydrogen) atoms. The highest BCUT2D eigenvalue weighted by Crippen LogP contribution is 2.23. The van der Waals surface area contributed by atoms with Gasteiger partial charge in [0.05, 0.1) is 20.9 Å². The normalized spacial score (nSPS) is 12.6. The number of sulfone groups is 1. The van der Waals surface area contributed by atoms with Gasteiger partial charge in [0.1, 0.15) is 5.82 Å². The molecule has 154 valence electrons. The van der Waals surface area contributed by atoms with Crippen LogP contribution in [0.25, 0.3) is 10.2 Å². The van der Waals surface area contributed by atoms with Gasteiger partial charge in [-0.15, -0.1) is 0 Å². The quantitative estimate of drug-likeness (QED) is 0.547. The zero-order valence-electron chi connectivity index (χ0n) is 16.6. The summed E-state index contributed by atoms with van der Waals surface area (Å²) < 4.78 is 40.9. The van der Waals surface area contributed by atoms with Crippen LogP contribution in [0, 0.1) is 19.7 Å². The van der Waals surface area contributed by atoms with Gasteiger partial charge in [0.2, 0.25) is 5.91 Å². The highest BCUT2D eigenvalue weighted by atomic mass is 32.2. The number of aryl methyl sites for hydroxylation is 3. The molecule has 1 amide bonds. The van der Waals surface area contributed by atoms with E-state index in [4.69, 9.17) is 0 Å². The molecule has 0 spiro atoms. The molecule has 5 nitrogen and oxygen atoms in total. The summed E-state index contributed by atoms with van der Waals surface area (Å²) in [5, 5.41) is 0. The third-order valence-corrected chi connectivity index (χ3v) is 7.50. The van der Waals surface area contributed by atoms with Crippen LogP contribution in [0.3, 0.4) is 0 Å². The standard InChI is InChI=1S/C21H23FN2O3S2/c1-4-10-24-18-13-14(2)12-15(3)20(18)28-21(24)23-19(25)9-11-29(26,27)17-7-5-16(22)6-8-17/h5-8,12-13H,4,9-11H2,1-3H3. The fourth-order valence-electron chi connectivity index (χ4n) is 3.18. The molecule has 3 aromatic rings. The van der Waals surface area contributed by atoms with Gasteiger partial charge in [-0.25, -0.2) is 12.8 Å². The summed E-state index contributed by atoms with van der Waals surface area (Å²) >= 11 is 1.44. The number of hydrogen-bond acceptors (Lipinski definition) is 4. The average molecular weight is 435 g/mol. The van der Waals surface area contributed by atoms with Gasteiger partial charge in [-0.3, -0.25) is 4.79 Å². The third kappa shape index (κ3) is 4.82. The number of fused-ring (bicyclic) bond motifs is 1. The van der Waals surface area contributed by atoms with Gasteiger partial charge in [-0.05, 0) is 61.7 Å². The molecule has 0 fully saturated rings. The van der Waals surface area contributed by atoms with Gasteiger partial charge in [0.15, 0.2) is 14.6 Å². The largest absolute Gasteiger partial charge is 0.316 e. The lowest BCUT2D eigenvalue weighted by Crippen LogP contribution is -2.18. The smallest absolute Gasteiger partial charge is 0.249 e. The van der Waals surface area contributed by atoms with Gasteiger partial charge in [0.25, 0.3) is 0 Å². The molecule has 0 atom stereocenters. The molecule has 0 aliphatic rings. The number of thiazole rings is 1. The number of amides is 1. The maximum absolute atomic E-state index is 13.0. The number of carbonyl (C=O) groups excluding carboxylic acids is 1. The van der Waals surface area contributed by atoms with E-state index in [1.807, 2.05) is 18.4 Å². The van der Waals surface area contributed by atoms with Crippen LogP contribution in [0.5, 0.6) is 0 Å². The van der Waals surface area contributed by atoms with Crippen LogP contribution in [0.15, 0.2) is 46.3 Å². The Morgan fingerprint density at radius 1 is 1.17 bits per heavy atom. The number of benzene rings is 2. The fraction of sp³-hybridized carbons (Fsp3) is 0.333. The van der Waals surface area contributed by atoms with Crippen molar-refractivity contribution < 1.29 is 17.6 Å².